The van der Waals surface area contributed by atoms with Gasteiger partial charge in [0.2, 0.25) is 0 Å². The van der Waals surface area contributed by atoms with Crippen molar-refractivity contribution in [1.29, 1.82) is 5.26 Å². The van der Waals surface area contributed by atoms with Gasteiger partial charge in [0.05, 0.1) is 16.8 Å². The Labute approximate surface area is 167 Å². The molecule has 1 aliphatic rings. The third kappa shape index (κ3) is 4.83. The third-order valence-corrected chi connectivity index (χ3v) is 5.02. The summed E-state index contributed by atoms with van der Waals surface area (Å²) >= 11 is 0. The third-order valence-electron chi connectivity index (χ3n) is 5.02. The van der Waals surface area contributed by atoms with Crippen molar-refractivity contribution in [3.05, 3.63) is 58.7 Å². The molecule has 0 bridgehead atoms. The summed E-state index contributed by atoms with van der Waals surface area (Å²) in [6, 6.07) is 13.9. The molecule has 0 radical (unpaired) electrons. The van der Waals surface area contributed by atoms with Crippen LogP contribution in [0.3, 0.4) is 0 Å². The number of carboxylic acid groups (broad SMARTS) is 1. The Kier molecular flexibility index (Phi) is 7.45. The lowest BCUT2D eigenvalue weighted by Gasteiger charge is -2.35. The van der Waals surface area contributed by atoms with Crippen LogP contribution < -0.4 is 10.2 Å². The number of carbonyl (C=O) groups is 1. The topological polar surface area (TPSA) is 76.4 Å². The average molecular weight is 380 g/mol. The Morgan fingerprint density at radius 3 is 2.39 bits per heavy atom. The van der Waals surface area contributed by atoms with E-state index in [1.807, 2.05) is 58.0 Å². The number of anilines is 2. The predicted molar refractivity (Wildman–Crippen MR) is 114 cm³/mol. The lowest BCUT2D eigenvalue weighted by molar-refractivity contribution is 0.0696. The van der Waals surface area contributed by atoms with Gasteiger partial charge in [0.15, 0.2) is 0 Å². The molecule has 5 heteroatoms. The summed E-state index contributed by atoms with van der Waals surface area (Å²) in [5.74, 6) is -0.895. The minimum atomic E-state index is -0.895. The Balaban J connectivity index is 0.00000136. The number of hydrogen-bond donors (Lipinski definition) is 2. The van der Waals surface area contributed by atoms with Crippen molar-refractivity contribution in [2.24, 2.45) is 0 Å². The second-order valence-electron chi connectivity index (χ2n) is 6.82. The van der Waals surface area contributed by atoms with Crippen molar-refractivity contribution in [2.75, 3.05) is 23.3 Å². The maximum Gasteiger partial charge on any atom is 0.336 e. The number of nitrogens with zero attached hydrogens (tertiary/aromatic N) is 2. The van der Waals surface area contributed by atoms with Crippen molar-refractivity contribution < 1.29 is 9.90 Å². The fourth-order valence-electron chi connectivity index (χ4n) is 3.57. The van der Waals surface area contributed by atoms with Crippen LogP contribution in [0.5, 0.6) is 0 Å². The van der Waals surface area contributed by atoms with Crippen LogP contribution in [0.1, 0.15) is 53.7 Å². The SMILES string of the molecule is CC.Cc1cc(C)c(C(=O)O)cc1NC1CCN(c2ccccc2C#N)CC1. The normalized spacial score (nSPS) is 13.9. The Bertz CT molecular complexity index is 863. The van der Waals surface area contributed by atoms with E-state index in [-0.39, 0.29) is 0 Å². The van der Waals surface area contributed by atoms with Crippen LogP contribution in [-0.4, -0.2) is 30.2 Å². The number of nitriles is 1. The first kappa shape index (κ1) is 21.3. The highest BCUT2D eigenvalue weighted by molar-refractivity contribution is 5.91. The fourth-order valence-corrected chi connectivity index (χ4v) is 3.57. The first-order valence-corrected chi connectivity index (χ1v) is 9.84. The van der Waals surface area contributed by atoms with Gasteiger partial charge in [-0.2, -0.15) is 5.26 Å². The number of carboxylic acids is 1. The van der Waals surface area contributed by atoms with E-state index in [1.165, 1.54) is 0 Å². The van der Waals surface area contributed by atoms with Gasteiger partial charge >= 0.3 is 5.97 Å². The molecule has 2 N–H and O–H groups in total. The zero-order valence-electron chi connectivity index (χ0n) is 17.1. The van der Waals surface area contributed by atoms with Gasteiger partial charge in [-0.3, -0.25) is 0 Å². The first-order valence-electron chi connectivity index (χ1n) is 9.84. The molecule has 1 saturated heterocycles. The zero-order valence-corrected chi connectivity index (χ0v) is 17.1. The van der Waals surface area contributed by atoms with Gasteiger partial charge in [-0.15, -0.1) is 0 Å². The van der Waals surface area contributed by atoms with E-state index >= 15 is 0 Å². The van der Waals surface area contributed by atoms with Crippen molar-refractivity contribution >= 4 is 17.3 Å². The summed E-state index contributed by atoms with van der Waals surface area (Å²) in [4.78, 5) is 13.6. The van der Waals surface area contributed by atoms with Gasteiger partial charge in [-0.25, -0.2) is 4.79 Å². The van der Waals surface area contributed by atoms with E-state index in [1.54, 1.807) is 6.07 Å². The van der Waals surface area contributed by atoms with Crippen LogP contribution >= 0.6 is 0 Å². The second kappa shape index (κ2) is 9.80. The summed E-state index contributed by atoms with van der Waals surface area (Å²) in [6.45, 7) is 9.56. The average Bonchev–Trinajstić information content (AvgIpc) is 2.71. The summed E-state index contributed by atoms with van der Waals surface area (Å²) in [7, 11) is 0. The quantitative estimate of drug-likeness (QED) is 0.783. The highest BCUT2D eigenvalue weighted by Gasteiger charge is 2.22. The number of hydrogen-bond acceptors (Lipinski definition) is 4. The number of nitrogens with one attached hydrogen (secondary N) is 1. The zero-order chi connectivity index (χ0) is 20.7. The van der Waals surface area contributed by atoms with Gasteiger partial charge < -0.3 is 15.3 Å². The largest absolute Gasteiger partial charge is 0.478 e. The van der Waals surface area contributed by atoms with Crippen LogP contribution in [0.15, 0.2) is 36.4 Å². The monoisotopic (exact) mass is 379 g/mol. The van der Waals surface area contributed by atoms with Gasteiger partial charge in [0.1, 0.15) is 6.07 Å². The number of benzene rings is 2. The van der Waals surface area contributed by atoms with Gasteiger partial charge in [-0.1, -0.05) is 32.0 Å². The highest BCUT2D eigenvalue weighted by atomic mass is 16.4. The van der Waals surface area contributed by atoms with Crippen LogP contribution in [0.2, 0.25) is 0 Å². The molecule has 0 unspecified atom stereocenters. The van der Waals surface area contributed by atoms with E-state index < -0.39 is 5.97 Å². The van der Waals surface area contributed by atoms with Crippen molar-refractivity contribution in [2.45, 2.75) is 46.6 Å². The van der Waals surface area contributed by atoms with Crippen LogP contribution in [0.4, 0.5) is 11.4 Å². The number of aromatic carboxylic acids is 1. The molecule has 1 heterocycles. The minimum Gasteiger partial charge on any atom is -0.478 e. The summed E-state index contributed by atoms with van der Waals surface area (Å²) in [5.41, 5.74) is 4.78. The molecule has 0 aliphatic carbocycles. The van der Waals surface area contributed by atoms with Crippen molar-refractivity contribution in [1.82, 2.24) is 0 Å². The summed E-state index contributed by atoms with van der Waals surface area (Å²) in [6.07, 6.45) is 1.88. The van der Waals surface area contributed by atoms with E-state index in [0.717, 1.165) is 48.4 Å². The molecule has 2 aromatic carbocycles. The molecule has 5 nitrogen and oxygen atoms in total. The fraction of sp³-hybridized carbons (Fsp3) is 0.391. The first-order chi connectivity index (χ1) is 13.5. The lowest BCUT2D eigenvalue weighted by Crippen LogP contribution is -2.39. The molecule has 3 rings (SSSR count). The lowest BCUT2D eigenvalue weighted by atomic mass is 10.00. The minimum absolute atomic E-state index is 0.295. The molecule has 0 aromatic heterocycles. The van der Waals surface area contributed by atoms with Crippen molar-refractivity contribution in [3.8, 4) is 6.07 Å². The van der Waals surface area contributed by atoms with Gasteiger partial charge in [0, 0.05) is 24.8 Å². The van der Waals surface area contributed by atoms with E-state index in [4.69, 9.17) is 0 Å². The molecule has 1 aliphatic heterocycles. The molecule has 148 valence electrons. The number of rotatable bonds is 4. The summed E-state index contributed by atoms with van der Waals surface area (Å²) in [5, 5.41) is 22.1. The van der Waals surface area contributed by atoms with Crippen LogP contribution in [-0.2, 0) is 0 Å². The maximum absolute atomic E-state index is 11.4. The van der Waals surface area contributed by atoms with E-state index in [2.05, 4.69) is 16.3 Å². The molecular weight excluding hydrogens is 350 g/mol. The standard InChI is InChI=1S/C21H23N3O2.C2H6/c1-14-11-15(2)19(12-18(14)21(25)26)23-17-7-9-24(10-8-17)20-6-4-3-5-16(20)13-22;1-2/h3-6,11-12,17,23H,7-10H2,1-2H3,(H,25,26);1-2H3. The Morgan fingerprint density at radius 1 is 1.14 bits per heavy atom. The number of para-hydroxylation sites is 1. The molecular formula is C23H29N3O2. The Hall–Kier alpha value is -3.00. The molecule has 2 aromatic rings. The van der Waals surface area contributed by atoms with Crippen molar-refractivity contribution in [3.63, 3.8) is 0 Å². The number of piperidine rings is 1. The molecule has 0 atom stereocenters. The predicted octanol–water partition coefficient (Wildman–Crippen LogP) is 4.98. The molecule has 0 saturated carbocycles. The maximum atomic E-state index is 11.4. The van der Waals surface area contributed by atoms with Crippen LogP contribution in [0, 0.1) is 25.2 Å². The second-order valence-corrected chi connectivity index (χ2v) is 6.82. The summed E-state index contributed by atoms with van der Waals surface area (Å²) < 4.78 is 0. The van der Waals surface area contributed by atoms with E-state index in [9.17, 15) is 15.2 Å². The highest BCUT2D eigenvalue weighted by Crippen LogP contribution is 2.27. The smallest absolute Gasteiger partial charge is 0.336 e. The Morgan fingerprint density at radius 2 is 1.79 bits per heavy atom. The van der Waals surface area contributed by atoms with Gasteiger partial charge in [-0.05, 0) is 56.0 Å². The molecule has 0 amide bonds. The number of aryl methyl sites for hydroxylation is 2. The van der Waals surface area contributed by atoms with E-state index in [0.29, 0.717) is 17.2 Å². The van der Waals surface area contributed by atoms with Gasteiger partial charge in [0.25, 0.3) is 0 Å². The molecule has 1 fully saturated rings. The molecule has 0 spiro atoms. The van der Waals surface area contributed by atoms with Crippen LogP contribution in [0.25, 0.3) is 0 Å². The molecule has 28 heavy (non-hydrogen) atoms.